The summed E-state index contributed by atoms with van der Waals surface area (Å²) in [5.74, 6) is 0.473. The lowest BCUT2D eigenvalue weighted by molar-refractivity contribution is 0.0950. The van der Waals surface area contributed by atoms with Gasteiger partial charge in [-0.3, -0.25) is 9.89 Å². The van der Waals surface area contributed by atoms with E-state index in [1.54, 1.807) is 12.3 Å². The number of aromatic nitrogens is 2. The molecule has 2 aromatic carbocycles. The minimum Gasteiger partial charge on any atom is -0.494 e. The van der Waals surface area contributed by atoms with Crippen molar-refractivity contribution in [1.82, 2.24) is 15.6 Å². The van der Waals surface area contributed by atoms with Crippen LogP contribution in [-0.4, -0.2) is 28.9 Å². The van der Waals surface area contributed by atoms with Gasteiger partial charge in [0, 0.05) is 5.56 Å². The molecular weight excluding hydrogens is 352 g/mol. The van der Waals surface area contributed by atoms with E-state index in [0.717, 1.165) is 29.0 Å². The zero-order valence-corrected chi connectivity index (χ0v) is 16.3. The molecular formula is C22H24N4O2. The van der Waals surface area contributed by atoms with Crippen LogP contribution in [0.2, 0.25) is 0 Å². The van der Waals surface area contributed by atoms with Crippen LogP contribution in [0.5, 0.6) is 5.75 Å². The summed E-state index contributed by atoms with van der Waals surface area (Å²) in [6, 6.07) is 15.3. The molecule has 0 bridgehead atoms. The number of aromatic amines is 1. The zero-order valence-electron chi connectivity index (χ0n) is 16.3. The van der Waals surface area contributed by atoms with E-state index in [1.165, 1.54) is 11.1 Å². The van der Waals surface area contributed by atoms with Crippen LogP contribution in [0.1, 0.15) is 40.5 Å². The predicted molar refractivity (Wildman–Crippen MR) is 111 cm³/mol. The summed E-state index contributed by atoms with van der Waals surface area (Å²) in [4.78, 5) is 12.3. The van der Waals surface area contributed by atoms with Crippen LogP contribution in [-0.2, 0) is 0 Å². The first-order valence-electron chi connectivity index (χ1n) is 9.26. The molecule has 28 heavy (non-hydrogen) atoms. The summed E-state index contributed by atoms with van der Waals surface area (Å²) in [5.41, 5.74) is 7.82. The maximum atomic E-state index is 12.3. The number of hydrazone groups is 1. The summed E-state index contributed by atoms with van der Waals surface area (Å²) in [5, 5.41) is 11.0. The van der Waals surface area contributed by atoms with Gasteiger partial charge in [0.2, 0.25) is 0 Å². The number of benzene rings is 2. The van der Waals surface area contributed by atoms with Crippen molar-refractivity contribution in [2.24, 2.45) is 5.10 Å². The zero-order chi connectivity index (χ0) is 19.9. The van der Waals surface area contributed by atoms with Gasteiger partial charge in [-0.25, -0.2) is 5.43 Å². The highest BCUT2D eigenvalue weighted by Gasteiger charge is 2.10. The highest BCUT2D eigenvalue weighted by atomic mass is 16.5. The third kappa shape index (κ3) is 4.85. The average Bonchev–Trinajstić information content (AvgIpc) is 3.20. The molecule has 0 unspecified atom stereocenters. The number of carbonyl (C=O) groups excluding carboxylic acids is 1. The molecule has 3 aromatic rings. The third-order valence-electron chi connectivity index (χ3n) is 4.36. The van der Waals surface area contributed by atoms with E-state index in [1.807, 2.05) is 36.4 Å². The number of carbonyl (C=O) groups is 1. The summed E-state index contributed by atoms with van der Waals surface area (Å²) in [6.07, 6.45) is 2.55. The lowest BCUT2D eigenvalue weighted by atomic mass is 10.0. The monoisotopic (exact) mass is 376 g/mol. The minimum atomic E-state index is -0.346. The quantitative estimate of drug-likeness (QED) is 0.478. The molecule has 6 nitrogen and oxygen atoms in total. The van der Waals surface area contributed by atoms with Crippen LogP contribution >= 0.6 is 0 Å². The van der Waals surface area contributed by atoms with Crippen molar-refractivity contribution in [2.45, 2.75) is 27.2 Å². The van der Waals surface area contributed by atoms with Gasteiger partial charge in [0.1, 0.15) is 11.4 Å². The molecule has 0 fully saturated rings. The van der Waals surface area contributed by atoms with Crippen molar-refractivity contribution in [3.8, 4) is 17.0 Å². The Morgan fingerprint density at radius 3 is 2.64 bits per heavy atom. The number of hydrogen-bond acceptors (Lipinski definition) is 4. The fourth-order valence-electron chi connectivity index (χ4n) is 2.58. The Bertz CT molecular complexity index is 974. The Morgan fingerprint density at radius 1 is 1.14 bits per heavy atom. The Hall–Kier alpha value is -3.41. The van der Waals surface area contributed by atoms with Crippen LogP contribution in [0.4, 0.5) is 0 Å². The normalized spacial score (nSPS) is 11.0. The van der Waals surface area contributed by atoms with E-state index in [0.29, 0.717) is 12.3 Å². The second kappa shape index (κ2) is 8.99. The van der Waals surface area contributed by atoms with Crippen LogP contribution in [0, 0.1) is 13.8 Å². The highest BCUT2D eigenvalue weighted by molar-refractivity contribution is 5.94. The number of H-pyrrole nitrogens is 1. The summed E-state index contributed by atoms with van der Waals surface area (Å²) >= 11 is 0. The molecule has 1 amide bonds. The second-order valence-corrected chi connectivity index (χ2v) is 6.58. The number of rotatable bonds is 7. The lowest BCUT2D eigenvalue weighted by Crippen LogP contribution is -2.17. The topological polar surface area (TPSA) is 79.4 Å². The molecule has 0 atom stereocenters. The van der Waals surface area contributed by atoms with E-state index in [9.17, 15) is 4.79 Å². The molecule has 0 saturated heterocycles. The summed E-state index contributed by atoms with van der Waals surface area (Å²) in [6.45, 7) is 6.87. The lowest BCUT2D eigenvalue weighted by Gasteiger charge is -2.03. The van der Waals surface area contributed by atoms with E-state index in [-0.39, 0.29) is 5.91 Å². The van der Waals surface area contributed by atoms with Crippen LogP contribution in [0.3, 0.4) is 0 Å². The largest absolute Gasteiger partial charge is 0.494 e. The van der Waals surface area contributed by atoms with Crippen LogP contribution < -0.4 is 10.2 Å². The molecule has 3 rings (SSSR count). The summed E-state index contributed by atoms with van der Waals surface area (Å²) in [7, 11) is 0. The molecule has 6 heteroatoms. The van der Waals surface area contributed by atoms with Crippen LogP contribution in [0.15, 0.2) is 53.6 Å². The molecule has 0 saturated carbocycles. The number of aryl methyl sites for hydroxylation is 2. The average molecular weight is 376 g/mol. The first kappa shape index (κ1) is 19.4. The highest BCUT2D eigenvalue weighted by Crippen LogP contribution is 2.20. The van der Waals surface area contributed by atoms with Gasteiger partial charge in [-0.2, -0.15) is 10.2 Å². The maximum absolute atomic E-state index is 12.3. The molecule has 0 aliphatic carbocycles. The fourth-order valence-corrected chi connectivity index (χ4v) is 2.58. The molecule has 0 aliphatic rings. The van der Waals surface area contributed by atoms with Crippen molar-refractivity contribution < 1.29 is 9.53 Å². The molecule has 144 valence electrons. The Kier molecular flexibility index (Phi) is 6.22. The number of nitrogens with zero attached hydrogens (tertiary/aromatic N) is 2. The Balaban J connectivity index is 1.60. The number of amides is 1. The van der Waals surface area contributed by atoms with Crippen molar-refractivity contribution in [3.05, 3.63) is 70.9 Å². The summed E-state index contributed by atoms with van der Waals surface area (Å²) < 4.78 is 5.54. The van der Waals surface area contributed by atoms with Gasteiger partial charge in [-0.05, 0) is 73.4 Å². The molecule has 1 heterocycles. The first-order valence-corrected chi connectivity index (χ1v) is 9.26. The van der Waals surface area contributed by atoms with Gasteiger partial charge in [-0.1, -0.05) is 19.1 Å². The van der Waals surface area contributed by atoms with Gasteiger partial charge < -0.3 is 4.74 Å². The Morgan fingerprint density at radius 2 is 1.93 bits per heavy atom. The van der Waals surface area contributed by atoms with Gasteiger partial charge >= 0.3 is 0 Å². The minimum absolute atomic E-state index is 0.346. The molecule has 1 aromatic heterocycles. The maximum Gasteiger partial charge on any atom is 0.289 e. The molecule has 0 spiro atoms. The fraction of sp³-hybridized carbons (Fsp3) is 0.227. The Labute approximate surface area is 164 Å². The van der Waals surface area contributed by atoms with E-state index in [4.69, 9.17) is 4.74 Å². The smallest absolute Gasteiger partial charge is 0.289 e. The third-order valence-corrected chi connectivity index (χ3v) is 4.36. The van der Waals surface area contributed by atoms with Gasteiger partial charge in [-0.15, -0.1) is 0 Å². The number of ether oxygens (including phenoxy) is 1. The van der Waals surface area contributed by atoms with E-state index >= 15 is 0 Å². The number of nitrogens with one attached hydrogen (secondary N) is 2. The van der Waals surface area contributed by atoms with Crippen molar-refractivity contribution in [1.29, 1.82) is 0 Å². The molecule has 0 aliphatic heterocycles. The SMILES string of the molecule is CCCOc1ccc(/C=N\NC(=O)c2cc(-c3ccc(C)c(C)c3)n[nH]2)cc1. The van der Waals surface area contributed by atoms with E-state index < -0.39 is 0 Å². The van der Waals surface area contributed by atoms with Gasteiger partial charge in [0.05, 0.1) is 18.5 Å². The van der Waals surface area contributed by atoms with E-state index in [2.05, 4.69) is 47.6 Å². The van der Waals surface area contributed by atoms with Gasteiger partial charge in [0.25, 0.3) is 5.91 Å². The van der Waals surface area contributed by atoms with Crippen molar-refractivity contribution in [3.63, 3.8) is 0 Å². The number of hydrogen-bond donors (Lipinski definition) is 2. The second-order valence-electron chi connectivity index (χ2n) is 6.58. The standard InChI is InChI=1S/C22H24N4O2/c1-4-11-28-19-9-6-17(7-10-19)14-23-26-22(27)21-13-20(24-25-21)18-8-5-15(2)16(3)12-18/h5-10,12-14H,4,11H2,1-3H3,(H,24,25)(H,26,27)/b23-14-. The molecule has 2 N–H and O–H groups in total. The van der Waals surface area contributed by atoms with Gasteiger partial charge in [0.15, 0.2) is 0 Å². The van der Waals surface area contributed by atoms with Crippen molar-refractivity contribution in [2.75, 3.05) is 6.61 Å². The van der Waals surface area contributed by atoms with Crippen LogP contribution in [0.25, 0.3) is 11.3 Å². The first-order chi connectivity index (χ1) is 13.6. The molecule has 0 radical (unpaired) electrons. The van der Waals surface area contributed by atoms with Crippen molar-refractivity contribution >= 4 is 12.1 Å². The predicted octanol–water partition coefficient (Wildman–Crippen LogP) is 4.25.